The molecule has 0 saturated heterocycles. The van der Waals surface area contributed by atoms with Crippen LogP contribution >= 0.6 is 11.6 Å². The molecule has 0 saturated carbocycles. The van der Waals surface area contributed by atoms with Crippen LogP contribution in [0.2, 0.25) is 5.02 Å². The molecule has 0 atom stereocenters. The molecule has 0 aliphatic rings. The van der Waals surface area contributed by atoms with E-state index in [1.807, 2.05) is 12.1 Å². The predicted octanol–water partition coefficient (Wildman–Crippen LogP) is 2.91. The Hall–Kier alpha value is -0.930. The van der Waals surface area contributed by atoms with Crippen LogP contribution in [0.15, 0.2) is 18.2 Å². The molecular weight excluding hydrogens is 236 g/mol. The van der Waals surface area contributed by atoms with Crippen LogP contribution in [-0.4, -0.2) is 24.3 Å². The normalized spacial score (nSPS) is 10.9. The SMILES string of the molecule is CCC(CC)N(CCO)c1ccc(N)cc1Cl. The third-order valence-electron chi connectivity index (χ3n) is 3.01. The monoisotopic (exact) mass is 256 g/mol. The maximum Gasteiger partial charge on any atom is 0.0660 e. The Labute approximate surface area is 108 Å². The number of benzene rings is 1. The molecule has 0 heterocycles. The summed E-state index contributed by atoms with van der Waals surface area (Å²) in [4.78, 5) is 2.15. The summed E-state index contributed by atoms with van der Waals surface area (Å²) in [6.45, 7) is 5.00. The summed E-state index contributed by atoms with van der Waals surface area (Å²) in [6, 6.07) is 5.91. The lowest BCUT2D eigenvalue weighted by Crippen LogP contribution is -2.37. The van der Waals surface area contributed by atoms with Crippen LogP contribution in [0.3, 0.4) is 0 Å². The highest BCUT2D eigenvalue weighted by Gasteiger charge is 2.17. The average Bonchev–Trinajstić information content (AvgIpc) is 2.30. The highest BCUT2D eigenvalue weighted by Crippen LogP contribution is 2.30. The van der Waals surface area contributed by atoms with E-state index in [-0.39, 0.29) is 6.61 Å². The second kappa shape index (κ2) is 6.72. The second-order valence-electron chi connectivity index (χ2n) is 4.10. The van der Waals surface area contributed by atoms with Crippen molar-refractivity contribution in [1.82, 2.24) is 0 Å². The molecule has 0 aliphatic heterocycles. The van der Waals surface area contributed by atoms with Crippen LogP contribution < -0.4 is 10.6 Å². The van der Waals surface area contributed by atoms with Gasteiger partial charge >= 0.3 is 0 Å². The van der Waals surface area contributed by atoms with Crippen molar-refractivity contribution < 1.29 is 5.11 Å². The van der Waals surface area contributed by atoms with Crippen LogP contribution in [0, 0.1) is 0 Å². The van der Waals surface area contributed by atoms with Gasteiger partial charge in [-0.3, -0.25) is 0 Å². The van der Waals surface area contributed by atoms with E-state index in [9.17, 15) is 5.11 Å². The minimum absolute atomic E-state index is 0.122. The highest BCUT2D eigenvalue weighted by atomic mass is 35.5. The minimum atomic E-state index is 0.122. The van der Waals surface area contributed by atoms with Crippen molar-refractivity contribution in [3.05, 3.63) is 23.2 Å². The lowest BCUT2D eigenvalue weighted by molar-refractivity contribution is 0.296. The Bertz CT molecular complexity index is 353. The largest absolute Gasteiger partial charge is 0.399 e. The van der Waals surface area contributed by atoms with E-state index in [1.165, 1.54) is 0 Å². The van der Waals surface area contributed by atoms with Gasteiger partial charge in [0.1, 0.15) is 0 Å². The molecule has 0 unspecified atom stereocenters. The molecule has 0 amide bonds. The van der Waals surface area contributed by atoms with Crippen molar-refractivity contribution in [2.75, 3.05) is 23.8 Å². The molecule has 0 bridgehead atoms. The molecule has 1 aromatic carbocycles. The number of halogens is 1. The molecule has 96 valence electrons. The molecule has 1 rings (SSSR count). The third kappa shape index (κ3) is 3.51. The summed E-state index contributed by atoms with van der Waals surface area (Å²) < 4.78 is 0. The third-order valence-corrected chi connectivity index (χ3v) is 3.31. The Kier molecular flexibility index (Phi) is 5.59. The number of nitrogen functional groups attached to an aromatic ring is 1. The fourth-order valence-corrected chi connectivity index (χ4v) is 2.39. The molecule has 4 heteroatoms. The maximum atomic E-state index is 9.17. The van der Waals surface area contributed by atoms with E-state index in [0.717, 1.165) is 18.5 Å². The minimum Gasteiger partial charge on any atom is -0.399 e. The van der Waals surface area contributed by atoms with Crippen molar-refractivity contribution >= 4 is 23.0 Å². The summed E-state index contributed by atoms with van der Waals surface area (Å²) in [5.74, 6) is 0. The molecule has 0 radical (unpaired) electrons. The van der Waals surface area contributed by atoms with E-state index in [1.54, 1.807) is 6.07 Å². The number of nitrogens with zero attached hydrogens (tertiary/aromatic N) is 1. The zero-order valence-electron chi connectivity index (χ0n) is 10.5. The summed E-state index contributed by atoms with van der Waals surface area (Å²) in [5.41, 5.74) is 7.30. The van der Waals surface area contributed by atoms with Crippen molar-refractivity contribution in [2.24, 2.45) is 0 Å². The first-order valence-electron chi connectivity index (χ1n) is 6.06. The Morgan fingerprint density at radius 2 is 2.00 bits per heavy atom. The number of aliphatic hydroxyl groups is 1. The molecule has 1 aromatic rings. The molecule has 0 spiro atoms. The van der Waals surface area contributed by atoms with Crippen LogP contribution in [-0.2, 0) is 0 Å². The van der Waals surface area contributed by atoms with Crippen molar-refractivity contribution in [3.63, 3.8) is 0 Å². The highest BCUT2D eigenvalue weighted by molar-refractivity contribution is 6.33. The molecule has 17 heavy (non-hydrogen) atoms. The predicted molar refractivity (Wildman–Crippen MR) is 74.7 cm³/mol. The van der Waals surface area contributed by atoms with Crippen molar-refractivity contribution in [2.45, 2.75) is 32.7 Å². The van der Waals surface area contributed by atoms with Gasteiger partial charge in [0.25, 0.3) is 0 Å². The van der Waals surface area contributed by atoms with Gasteiger partial charge < -0.3 is 15.7 Å². The van der Waals surface area contributed by atoms with Gasteiger partial charge in [0.15, 0.2) is 0 Å². The fraction of sp³-hybridized carbons (Fsp3) is 0.538. The zero-order valence-corrected chi connectivity index (χ0v) is 11.2. The summed E-state index contributed by atoms with van der Waals surface area (Å²) in [7, 11) is 0. The number of hydrogen-bond acceptors (Lipinski definition) is 3. The summed E-state index contributed by atoms with van der Waals surface area (Å²) >= 11 is 6.21. The van der Waals surface area contributed by atoms with Crippen LogP contribution in [0.5, 0.6) is 0 Å². The Balaban J connectivity index is 3.03. The molecule has 3 nitrogen and oxygen atoms in total. The molecule has 0 aliphatic carbocycles. The van der Waals surface area contributed by atoms with E-state index in [4.69, 9.17) is 17.3 Å². The molecule has 0 fully saturated rings. The smallest absolute Gasteiger partial charge is 0.0660 e. The number of rotatable bonds is 6. The van der Waals surface area contributed by atoms with Gasteiger partial charge in [-0.25, -0.2) is 0 Å². The lowest BCUT2D eigenvalue weighted by atomic mass is 10.1. The topological polar surface area (TPSA) is 49.5 Å². The Morgan fingerprint density at radius 1 is 1.35 bits per heavy atom. The number of aliphatic hydroxyl groups excluding tert-OH is 1. The number of hydrogen-bond donors (Lipinski definition) is 2. The standard InChI is InChI=1S/C13H21ClN2O/c1-3-11(4-2)16(7-8-17)13-6-5-10(15)9-12(13)14/h5-6,9,11,17H,3-4,7-8,15H2,1-2H3. The molecule has 3 N–H and O–H groups in total. The van der Waals surface area contributed by atoms with Gasteiger partial charge in [-0.05, 0) is 31.0 Å². The maximum absolute atomic E-state index is 9.17. The van der Waals surface area contributed by atoms with E-state index in [2.05, 4.69) is 18.7 Å². The molecule has 0 aromatic heterocycles. The first kappa shape index (κ1) is 14.1. The zero-order chi connectivity index (χ0) is 12.8. The van der Waals surface area contributed by atoms with Crippen molar-refractivity contribution in [3.8, 4) is 0 Å². The number of anilines is 2. The van der Waals surface area contributed by atoms with Crippen LogP contribution in [0.25, 0.3) is 0 Å². The second-order valence-corrected chi connectivity index (χ2v) is 4.51. The van der Waals surface area contributed by atoms with Crippen molar-refractivity contribution in [1.29, 1.82) is 0 Å². The van der Waals surface area contributed by atoms with E-state index >= 15 is 0 Å². The fourth-order valence-electron chi connectivity index (χ4n) is 2.09. The molecular formula is C13H21ClN2O. The van der Waals surface area contributed by atoms with Gasteiger partial charge in [-0.1, -0.05) is 25.4 Å². The number of nitrogens with two attached hydrogens (primary N) is 1. The quantitative estimate of drug-likeness (QED) is 0.770. The first-order chi connectivity index (χ1) is 8.13. The Morgan fingerprint density at radius 3 is 2.47 bits per heavy atom. The van der Waals surface area contributed by atoms with Crippen LogP contribution in [0.1, 0.15) is 26.7 Å². The van der Waals surface area contributed by atoms with Crippen LogP contribution in [0.4, 0.5) is 11.4 Å². The van der Waals surface area contributed by atoms with Gasteiger partial charge in [-0.15, -0.1) is 0 Å². The van der Waals surface area contributed by atoms with Gasteiger partial charge in [0.2, 0.25) is 0 Å². The average molecular weight is 257 g/mol. The lowest BCUT2D eigenvalue weighted by Gasteiger charge is -2.32. The van der Waals surface area contributed by atoms with Gasteiger partial charge in [-0.2, -0.15) is 0 Å². The van der Waals surface area contributed by atoms with Gasteiger partial charge in [0, 0.05) is 18.3 Å². The van der Waals surface area contributed by atoms with Gasteiger partial charge in [0.05, 0.1) is 17.3 Å². The van der Waals surface area contributed by atoms with E-state index in [0.29, 0.717) is 23.3 Å². The summed E-state index contributed by atoms with van der Waals surface area (Å²) in [5, 5.41) is 9.82. The summed E-state index contributed by atoms with van der Waals surface area (Å²) in [6.07, 6.45) is 2.05. The van der Waals surface area contributed by atoms with E-state index < -0.39 is 0 Å². The first-order valence-corrected chi connectivity index (χ1v) is 6.44.